The van der Waals surface area contributed by atoms with Crippen LogP contribution >= 0.6 is 0 Å². The van der Waals surface area contributed by atoms with E-state index in [-0.39, 0.29) is 1.43 Å². The van der Waals surface area contributed by atoms with E-state index in [4.69, 9.17) is 0 Å². The van der Waals surface area contributed by atoms with Crippen LogP contribution in [0.1, 0.15) is 6.99 Å². The Hall–Kier alpha value is -1.31. The Labute approximate surface area is 60.4 Å². The van der Waals surface area contributed by atoms with Gasteiger partial charge < -0.3 is 4.98 Å². The zero-order valence-electron chi connectivity index (χ0n) is 6.76. The first-order valence-corrected chi connectivity index (χ1v) is 3.26. The average molecular weight is 133 g/mol. The number of aromatic nitrogens is 2. The molecule has 0 unspecified atom stereocenters. The van der Waals surface area contributed by atoms with Crippen LogP contribution in [0.5, 0.6) is 0 Å². The van der Waals surface area contributed by atoms with Crippen molar-refractivity contribution in [3.05, 3.63) is 30.1 Å². The summed E-state index contributed by atoms with van der Waals surface area (Å²) in [6, 6.07) is 4.05. The van der Waals surface area contributed by atoms with E-state index in [1.807, 2.05) is 24.5 Å². The third kappa shape index (κ3) is 0.620. The Morgan fingerprint density at radius 3 is 3.20 bits per heavy atom. The number of fused-ring (bicyclic) bond motifs is 1. The van der Waals surface area contributed by atoms with Crippen molar-refractivity contribution in [3.63, 3.8) is 0 Å². The molecule has 0 fully saturated rings. The monoisotopic (exact) mass is 133 g/mol. The Balaban J connectivity index is 0.000000605. The number of nitrogens with zero attached hydrogens (tertiary/aromatic N) is 1. The summed E-state index contributed by atoms with van der Waals surface area (Å²) in [7, 11) is 0. The number of pyridine rings is 1. The number of aromatic amines is 1. The van der Waals surface area contributed by atoms with E-state index < -0.39 is 0 Å². The van der Waals surface area contributed by atoms with Gasteiger partial charge in [0.25, 0.3) is 0 Å². The van der Waals surface area contributed by atoms with E-state index in [9.17, 15) is 0 Å². The second-order valence-electron chi connectivity index (χ2n) is 2.37. The van der Waals surface area contributed by atoms with Gasteiger partial charge in [-0.05, 0) is 24.6 Å². The lowest BCUT2D eigenvalue weighted by atomic mass is 10.2. The molecule has 0 aliphatic heterocycles. The van der Waals surface area contributed by atoms with Gasteiger partial charge in [0.15, 0.2) is 0 Å². The van der Waals surface area contributed by atoms with Gasteiger partial charge in [0.05, 0.1) is 0 Å². The molecule has 2 nitrogen and oxygen atoms in total. The second kappa shape index (κ2) is 1.84. The Bertz CT molecular complexity index is 354. The molecular weight excluding hydrogens is 124 g/mol. The molecule has 0 radical (unpaired) electrons. The van der Waals surface area contributed by atoms with Crippen LogP contribution < -0.4 is 0 Å². The molecule has 1 N–H and O–H groups in total. The maximum atomic E-state index is 4.15. The van der Waals surface area contributed by atoms with Gasteiger partial charge in [-0.3, -0.25) is 0 Å². The average Bonchev–Trinajstić information content (AvgIpc) is 2.36. The molecule has 0 amide bonds. The number of nitrogens with one attached hydrogen (secondary N) is 1. The van der Waals surface area contributed by atoms with E-state index in [2.05, 4.69) is 16.9 Å². The molecule has 2 heterocycles. The van der Waals surface area contributed by atoms with Gasteiger partial charge in [-0.15, -0.1) is 0 Å². The van der Waals surface area contributed by atoms with Crippen molar-refractivity contribution < 1.29 is 1.43 Å². The van der Waals surface area contributed by atoms with Crippen LogP contribution in [0.4, 0.5) is 0 Å². The fourth-order valence-corrected chi connectivity index (χ4v) is 1.10. The topological polar surface area (TPSA) is 28.7 Å². The molecule has 2 heteroatoms. The lowest BCUT2D eigenvalue weighted by Gasteiger charge is -1.91. The quantitative estimate of drug-likeness (QED) is 0.585. The predicted molar refractivity (Wildman–Crippen MR) is 41.9 cm³/mol. The smallest absolute Gasteiger partial charge is 0.346 e. The first kappa shape index (κ1) is 5.47. The minimum Gasteiger partial charge on any atom is -0.346 e. The lowest BCUT2D eigenvalue weighted by molar-refractivity contribution is 1.31. The minimum absolute atomic E-state index is 0. The summed E-state index contributed by atoms with van der Waals surface area (Å²) in [4.78, 5) is 7.20. The third-order valence-corrected chi connectivity index (χ3v) is 1.68. The van der Waals surface area contributed by atoms with Crippen LogP contribution in [0, 0.1) is 6.92 Å². The predicted octanol–water partition coefficient (Wildman–Crippen LogP) is 1.98. The van der Waals surface area contributed by atoms with Crippen LogP contribution in [-0.4, -0.2) is 9.97 Å². The number of hydrogen-bond acceptors (Lipinski definition) is 1. The molecule has 0 saturated carbocycles. The summed E-state index contributed by atoms with van der Waals surface area (Å²) in [5, 5.41) is 1.21. The van der Waals surface area contributed by atoms with Crippen LogP contribution in [0.15, 0.2) is 24.5 Å². The van der Waals surface area contributed by atoms with Gasteiger partial charge >= 0.3 is 1.43 Å². The first-order valence-electron chi connectivity index (χ1n) is 3.26. The molecule has 0 aliphatic carbocycles. The standard InChI is InChI=1S/C8H8N2/c1-6-2-4-9-8-7(6)3-5-10-8/h2-5H,1H3,(H,9,10)/p+1. The van der Waals surface area contributed by atoms with E-state index in [1.165, 1.54) is 10.9 Å². The molecule has 0 spiro atoms. The number of H-pyrrole nitrogens is 1. The highest BCUT2D eigenvalue weighted by Crippen LogP contribution is 2.12. The van der Waals surface area contributed by atoms with Crippen LogP contribution in [0.3, 0.4) is 0 Å². The molecule has 0 bridgehead atoms. The highest BCUT2D eigenvalue weighted by molar-refractivity contribution is 5.78. The van der Waals surface area contributed by atoms with Gasteiger partial charge in [0.1, 0.15) is 5.65 Å². The number of aryl methyl sites for hydroxylation is 1. The highest BCUT2D eigenvalue weighted by Gasteiger charge is 1.95. The van der Waals surface area contributed by atoms with Gasteiger partial charge in [0.2, 0.25) is 0 Å². The van der Waals surface area contributed by atoms with Crippen LogP contribution in [0.25, 0.3) is 11.0 Å². The van der Waals surface area contributed by atoms with Gasteiger partial charge in [-0.2, -0.15) is 0 Å². The van der Waals surface area contributed by atoms with Crippen molar-refractivity contribution in [1.29, 1.82) is 0 Å². The van der Waals surface area contributed by atoms with Gasteiger partial charge in [-0.25, -0.2) is 4.98 Å². The van der Waals surface area contributed by atoms with E-state index >= 15 is 0 Å². The Morgan fingerprint density at radius 1 is 1.50 bits per heavy atom. The second-order valence-corrected chi connectivity index (χ2v) is 2.37. The molecule has 0 atom stereocenters. The molecule has 2 aromatic heterocycles. The van der Waals surface area contributed by atoms with E-state index in [0.29, 0.717) is 0 Å². The number of hydrogen-bond donors (Lipinski definition) is 1. The van der Waals surface area contributed by atoms with E-state index in [0.717, 1.165) is 5.65 Å². The van der Waals surface area contributed by atoms with Crippen molar-refractivity contribution in [2.24, 2.45) is 0 Å². The normalized spacial score (nSPS) is 10.5. The Morgan fingerprint density at radius 2 is 2.40 bits per heavy atom. The molecule has 0 aliphatic rings. The number of rotatable bonds is 0. The summed E-state index contributed by atoms with van der Waals surface area (Å²) in [6.45, 7) is 2.08. The largest absolute Gasteiger partial charge is 1.00 e. The summed E-state index contributed by atoms with van der Waals surface area (Å²) in [5.41, 5.74) is 2.24. The van der Waals surface area contributed by atoms with Crippen molar-refractivity contribution in [2.75, 3.05) is 0 Å². The fraction of sp³-hybridized carbons (Fsp3) is 0.125. The van der Waals surface area contributed by atoms with Crippen molar-refractivity contribution in [2.45, 2.75) is 6.92 Å². The molecule has 0 saturated heterocycles. The van der Waals surface area contributed by atoms with Gasteiger partial charge in [0, 0.05) is 17.8 Å². The van der Waals surface area contributed by atoms with Crippen molar-refractivity contribution in [3.8, 4) is 0 Å². The molecule has 10 heavy (non-hydrogen) atoms. The fourth-order valence-electron chi connectivity index (χ4n) is 1.10. The molecule has 2 aromatic rings. The van der Waals surface area contributed by atoms with Gasteiger partial charge in [-0.1, -0.05) is 0 Å². The Kier molecular flexibility index (Phi) is 1.01. The third-order valence-electron chi connectivity index (χ3n) is 1.68. The molecule has 2 rings (SSSR count). The summed E-state index contributed by atoms with van der Waals surface area (Å²) >= 11 is 0. The zero-order valence-corrected chi connectivity index (χ0v) is 5.76. The van der Waals surface area contributed by atoms with Crippen LogP contribution in [0.2, 0.25) is 0 Å². The van der Waals surface area contributed by atoms with E-state index in [1.54, 1.807) is 0 Å². The SMILES string of the molecule is Cc1ccnc2[nH]ccc12.[H+]. The molecule has 0 aromatic carbocycles. The van der Waals surface area contributed by atoms with Crippen molar-refractivity contribution >= 4 is 11.0 Å². The molecule has 50 valence electrons. The summed E-state index contributed by atoms with van der Waals surface area (Å²) < 4.78 is 0. The lowest BCUT2D eigenvalue weighted by Crippen LogP contribution is -1.77. The minimum atomic E-state index is 0. The first-order chi connectivity index (χ1) is 4.88. The maximum Gasteiger partial charge on any atom is 1.00 e. The zero-order chi connectivity index (χ0) is 6.97. The summed E-state index contributed by atoms with van der Waals surface area (Å²) in [6.07, 6.45) is 3.72. The maximum absolute atomic E-state index is 4.15. The summed E-state index contributed by atoms with van der Waals surface area (Å²) in [5.74, 6) is 0. The van der Waals surface area contributed by atoms with Crippen LogP contribution in [-0.2, 0) is 0 Å². The van der Waals surface area contributed by atoms with Crippen molar-refractivity contribution in [1.82, 2.24) is 9.97 Å². The highest BCUT2D eigenvalue weighted by atomic mass is 14.8. The molecular formula is C8H9N2+.